The summed E-state index contributed by atoms with van der Waals surface area (Å²) >= 11 is 0. The second kappa shape index (κ2) is 10.6. The molecule has 2 aromatic carbocycles. The molecule has 0 unspecified atom stereocenters. The van der Waals surface area contributed by atoms with Crippen LogP contribution in [0.3, 0.4) is 0 Å². The molecule has 1 aliphatic rings. The lowest BCUT2D eigenvalue weighted by atomic mass is 10.1. The van der Waals surface area contributed by atoms with E-state index in [1.165, 1.54) is 19.0 Å². The van der Waals surface area contributed by atoms with E-state index in [2.05, 4.69) is 5.32 Å². The molecule has 0 saturated carbocycles. The van der Waals surface area contributed by atoms with Crippen molar-refractivity contribution in [2.24, 2.45) is 0 Å². The van der Waals surface area contributed by atoms with Crippen LogP contribution in [0, 0.1) is 19.7 Å². The molecular formula is C24H30FN3O5S. The number of benzene rings is 2. The van der Waals surface area contributed by atoms with Crippen molar-refractivity contribution < 1.29 is 27.1 Å². The Hall–Kier alpha value is -2.82. The maximum absolute atomic E-state index is 14.7. The Kier molecular flexibility index (Phi) is 8.06. The van der Waals surface area contributed by atoms with Gasteiger partial charge in [-0.15, -0.1) is 0 Å². The van der Waals surface area contributed by atoms with E-state index in [0.717, 1.165) is 40.1 Å². The molecule has 1 aliphatic heterocycles. The van der Waals surface area contributed by atoms with Crippen LogP contribution in [0.25, 0.3) is 0 Å². The van der Waals surface area contributed by atoms with Crippen molar-refractivity contribution in [3.63, 3.8) is 0 Å². The standard InChI is InChI=1S/C24H30FN3O5S/c1-16-7-5-9-22(17(16)2)26-23(29)15-28(14-18-8-6-12-33-18)24(30)20-13-19(10-11-21(20)25)34(31,32)27(3)4/h5,7,9-11,13,18H,6,8,12,14-15H2,1-4H3,(H,26,29)/t18-/m0/s1. The van der Waals surface area contributed by atoms with E-state index < -0.39 is 33.2 Å². The van der Waals surface area contributed by atoms with Crippen molar-refractivity contribution in [1.29, 1.82) is 0 Å². The van der Waals surface area contributed by atoms with Gasteiger partial charge in [0.1, 0.15) is 12.4 Å². The SMILES string of the molecule is Cc1cccc(NC(=O)CN(C[C@@H]2CCCO2)C(=O)c2cc(S(=O)(=O)N(C)C)ccc2F)c1C. The summed E-state index contributed by atoms with van der Waals surface area (Å²) in [6.45, 7) is 4.10. The third kappa shape index (κ3) is 5.81. The number of hydrogen-bond donors (Lipinski definition) is 1. The van der Waals surface area contributed by atoms with Gasteiger partial charge in [0.15, 0.2) is 0 Å². The number of halogens is 1. The lowest BCUT2D eigenvalue weighted by Crippen LogP contribution is -2.42. The molecule has 1 heterocycles. The number of sulfonamides is 1. The quantitative estimate of drug-likeness (QED) is 0.613. The van der Waals surface area contributed by atoms with Crippen LogP contribution < -0.4 is 5.32 Å². The first kappa shape index (κ1) is 25.8. The highest BCUT2D eigenvalue weighted by atomic mass is 32.2. The summed E-state index contributed by atoms with van der Waals surface area (Å²) < 4.78 is 46.3. The minimum absolute atomic E-state index is 0.0865. The van der Waals surface area contributed by atoms with Gasteiger partial charge in [-0.25, -0.2) is 17.1 Å². The van der Waals surface area contributed by atoms with Gasteiger partial charge in [0.2, 0.25) is 15.9 Å². The fourth-order valence-corrected chi connectivity index (χ4v) is 4.64. The van der Waals surface area contributed by atoms with Crippen LogP contribution in [0.4, 0.5) is 10.1 Å². The Morgan fingerprint density at radius 2 is 1.91 bits per heavy atom. The molecule has 34 heavy (non-hydrogen) atoms. The number of carbonyl (C=O) groups excluding carboxylic acids is 2. The van der Waals surface area contributed by atoms with Gasteiger partial charge in [0.05, 0.1) is 16.6 Å². The van der Waals surface area contributed by atoms with E-state index in [4.69, 9.17) is 4.74 Å². The summed E-state index contributed by atoms with van der Waals surface area (Å²) in [5.74, 6) is -2.09. The number of anilines is 1. The van der Waals surface area contributed by atoms with E-state index in [9.17, 15) is 22.4 Å². The minimum atomic E-state index is -3.88. The fourth-order valence-electron chi connectivity index (χ4n) is 3.71. The maximum atomic E-state index is 14.7. The van der Waals surface area contributed by atoms with E-state index in [0.29, 0.717) is 18.7 Å². The summed E-state index contributed by atoms with van der Waals surface area (Å²) in [6.07, 6.45) is 1.25. The zero-order valence-electron chi connectivity index (χ0n) is 19.8. The Morgan fingerprint density at radius 1 is 1.18 bits per heavy atom. The summed E-state index contributed by atoms with van der Waals surface area (Å²) in [4.78, 5) is 27.2. The predicted octanol–water partition coefficient (Wildman–Crippen LogP) is 2.95. The molecule has 1 atom stereocenters. The predicted molar refractivity (Wildman–Crippen MR) is 127 cm³/mol. The van der Waals surface area contributed by atoms with Crippen LogP contribution in [0.2, 0.25) is 0 Å². The van der Waals surface area contributed by atoms with Gasteiger partial charge in [-0.3, -0.25) is 9.59 Å². The second-order valence-corrected chi connectivity index (χ2v) is 10.7. The number of aryl methyl sites for hydroxylation is 1. The van der Waals surface area contributed by atoms with Gasteiger partial charge in [-0.05, 0) is 62.1 Å². The largest absolute Gasteiger partial charge is 0.376 e. The lowest BCUT2D eigenvalue weighted by Gasteiger charge is -2.26. The Morgan fingerprint density at radius 3 is 2.56 bits per heavy atom. The number of amides is 2. The third-order valence-corrected chi connectivity index (χ3v) is 7.71. The molecule has 2 amide bonds. The normalized spacial score (nSPS) is 16.0. The Labute approximate surface area is 199 Å². The second-order valence-electron chi connectivity index (χ2n) is 8.55. The highest BCUT2D eigenvalue weighted by Gasteiger charge is 2.28. The van der Waals surface area contributed by atoms with Crippen LogP contribution in [0.5, 0.6) is 0 Å². The number of ether oxygens (including phenoxy) is 1. The van der Waals surface area contributed by atoms with E-state index in [1.54, 1.807) is 6.07 Å². The molecule has 3 rings (SSSR count). The average Bonchev–Trinajstić information content (AvgIpc) is 3.29. The molecule has 0 aromatic heterocycles. The summed E-state index contributed by atoms with van der Waals surface area (Å²) in [7, 11) is -1.18. The molecule has 0 aliphatic carbocycles. The average molecular weight is 492 g/mol. The van der Waals surface area contributed by atoms with Crippen LogP contribution >= 0.6 is 0 Å². The number of hydrogen-bond acceptors (Lipinski definition) is 5. The first-order chi connectivity index (χ1) is 16.0. The highest BCUT2D eigenvalue weighted by molar-refractivity contribution is 7.89. The number of carbonyl (C=O) groups is 2. The molecule has 1 N–H and O–H groups in total. The van der Waals surface area contributed by atoms with Gasteiger partial charge in [-0.1, -0.05) is 12.1 Å². The summed E-state index contributed by atoms with van der Waals surface area (Å²) in [6, 6.07) is 8.58. The number of rotatable bonds is 8. The smallest absolute Gasteiger partial charge is 0.257 e. The van der Waals surface area contributed by atoms with E-state index in [1.807, 2.05) is 26.0 Å². The molecule has 0 spiro atoms. The first-order valence-corrected chi connectivity index (χ1v) is 12.4. The molecule has 10 heteroatoms. The highest BCUT2D eigenvalue weighted by Crippen LogP contribution is 2.22. The lowest BCUT2D eigenvalue weighted by molar-refractivity contribution is -0.117. The molecule has 0 radical (unpaired) electrons. The minimum Gasteiger partial charge on any atom is -0.376 e. The number of nitrogens with one attached hydrogen (secondary N) is 1. The van der Waals surface area contributed by atoms with Crippen LogP contribution in [-0.2, 0) is 19.6 Å². The molecule has 184 valence electrons. The van der Waals surface area contributed by atoms with Gasteiger partial charge in [0, 0.05) is 32.9 Å². The third-order valence-electron chi connectivity index (χ3n) is 5.90. The van der Waals surface area contributed by atoms with Crippen molar-refractivity contribution >= 4 is 27.5 Å². The van der Waals surface area contributed by atoms with E-state index >= 15 is 0 Å². The van der Waals surface area contributed by atoms with Crippen molar-refractivity contribution in [3.8, 4) is 0 Å². The van der Waals surface area contributed by atoms with Crippen molar-refractivity contribution in [3.05, 3.63) is 58.9 Å². The van der Waals surface area contributed by atoms with Crippen molar-refractivity contribution in [1.82, 2.24) is 9.21 Å². The summed E-state index contributed by atoms with van der Waals surface area (Å²) in [5, 5.41) is 2.81. The maximum Gasteiger partial charge on any atom is 0.257 e. The Bertz CT molecular complexity index is 1180. The zero-order chi connectivity index (χ0) is 25.0. The van der Waals surface area contributed by atoms with Gasteiger partial charge in [-0.2, -0.15) is 0 Å². The van der Waals surface area contributed by atoms with Crippen LogP contribution in [0.15, 0.2) is 41.3 Å². The molecular weight excluding hydrogens is 461 g/mol. The molecule has 8 nitrogen and oxygen atoms in total. The number of nitrogens with zero attached hydrogens (tertiary/aromatic N) is 2. The van der Waals surface area contributed by atoms with Gasteiger partial charge >= 0.3 is 0 Å². The topological polar surface area (TPSA) is 96.0 Å². The first-order valence-electron chi connectivity index (χ1n) is 11.0. The zero-order valence-corrected chi connectivity index (χ0v) is 20.6. The molecule has 0 bridgehead atoms. The van der Waals surface area contributed by atoms with Crippen LogP contribution in [0.1, 0.15) is 34.3 Å². The molecule has 1 saturated heterocycles. The molecule has 1 fully saturated rings. The van der Waals surface area contributed by atoms with E-state index in [-0.39, 0.29) is 24.1 Å². The fraction of sp³-hybridized carbons (Fsp3) is 0.417. The van der Waals surface area contributed by atoms with Crippen molar-refractivity contribution in [2.75, 3.05) is 39.1 Å². The monoisotopic (exact) mass is 491 g/mol. The van der Waals surface area contributed by atoms with Crippen molar-refractivity contribution in [2.45, 2.75) is 37.7 Å². The molecule has 2 aromatic rings. The summed E-state index contributed by atoms with van der Waals surface area (Å²) in [5.41, 5.74) is 2.12. The van der Waals surface area contributed by atoms with Gasteiger partial charge in [0.25, 0.3) is 5.91 Å². The van der Waals surface area contributed by atoms with Gasteiger partial charge < -0.3 is 15.0 Å². The van der Waals surface area contributed by atoms with Crippen LogP contribution in [-0.4, -0.2) is 69.3 Å². The Balaban J connectivity index is 1.89.